The van der Waals surface area contributed by atoms with E-state index >= 15 is 0 Å². The maximum atomic E-state index is 14.3. The number of carbonyl (C=O) groups is 2. The van der Waals surface area contributed by atoms with E-state index in [-0.39, 0.29) is 51.0 Å². The number of esters is 1. The van der Waals surface area contributed by atoms with Crippen LogP contribution in [-0.2, 0) is 14.3 Å². The molecule has 0 unspecified atom stereocenters. The summed E-state index contributed by atoms with van der Waals surface area (Å²) in [6.45, 7) is 16.2. The largest absolute Gasteiger partial charge is 0.469 e. The molecule has 4 nitrogen and oxygen atoms in total. The third-order valence-electron chi connectivity index (χ3n) is 13.3. The fraction of sp³-hybridized carbons (Fsp3) is 0.871. The maximum Gasteiger partial charge on any atom is 0.311 e. The van der Waals surface area contributed by atoms with E-state index in [1.54, 1.807) is 0 Å². The Labute approximate surface area is 212 Å². The lowest BCUT2D eigenvalue weighted by Crippen LogP contribution is -2.65. The van der Waals surface area contributed by atoms with Gasteiger partial charge in [-0.25, -0.2) is 0 Å². The van der Waals surface area contributed by atoms with E-state index < -0.39 is 5.41 Å². The molecule has 5 aliphatic carbocycles. The van der Waals surface area contributed by atoms with Gasteiger partial charge in [-0.2, -0.15) is 0 Å². The van der Waals surface area contributed by atoms with Gasteiger partial charge in [-0.05, 0) is 110 Å². The standard InChI is InChI=1S/C31H48O4/c1-26(2)21-9-12-30(6)22(29(21,5)11-10-23(26)33)17-20(32)24-19-18-28(4,25(34)35-8)14-13-27(19,3)15-16-31(24,30)7/h17,19,21,23-24,33H,9-16,18H2,1-8H3/t19-,21-,23-,24-,27+,28-,29-,30+,31+/m0/s1. The van der Waals surface area contributed by atoms with E-state index in [1.165, 1.54) is 12.7 Å². The molecule has 35 heavy (non-hydrogen) atoms. The summed E-state index contributed by atoms with van der Waals surface area (Å²) in [5.74, 6) is 0.736. The predicted molar refractivity (Wildman–Crippen MR) is 137 cm³/mol. The monoisotopic (exact) mass is 484 g/mol. The zero-order chi connectivity index (χ0) is 25.8. The molecule has 4 heteroatoms. The van der Waals surface area contributed by atoms with Gasteiger partial charge in [-0.15, -0.1) is 0 Å². The summed E-state index contributed by atoms with van der Waals surface area (Å²) in [5.41, 5.74) is 0.638. The summed E-state index contributed by atoms with van der Waals surface area (Å²) in [7, 11) is 1.50. The zero-order valence-electron chi connectivity index (χ0n) is 23.4. The van der Waals surface area contributed by atoms with Gasteiger partial charge in [0.1, 0.15) is 0 Å². The molecule has 0 aromatic heterocycles. The van der Waals surface area contributed by atoms with Crippen molar-refractivity contribution >= 4 is 11.8 Å². The van der Waals surface area contributed by atoms with Crippen LogP contribution in [0.3, 0.4) is 0 Å². The number of methoxy groups -OCH3 is 1. The van der Waals surface area contributed by atoms with Gasteiger partial charge in [0.15, 0.2) is 5.78 Å². The van der Waals surface area contributed by atoms with Gasteiger partial charge in [-0.1, -0.05) is 47.1 Å². The second-order valence-electron chi connectivity index (χ2n) is 15.1. The van der Waals surface area contributed by atoms with Crippen molar-refractivity contribution in [3.63, 3.8) is 0 Å². The predicted octanol–water partition coefficient (Wildman–Crippen LogP) is 6.50. The molecule has 5 rings (SSSR count). The summed E-state index contributed by atoms with van der Waals surface area (Å²) in [4.78, 5) is 27.1. The summed E-state index contributed by atoms with van der Waals surface area (Å²) in [6.07, 6.45) is 10.5. The number of carbonyl (C=O) groups excluding carboxylic acids is 2. The van der Waals surface area contributed by atoms with Crippen LogP contribution in [0.4, 0.5) is 0 Å². The smallest absolute Gasteiger partial charge is 0.311 e. The molecule has 0 heterocycles. The molecule has 0 bridgehead atoms. The topological polar surface area (TPSA) is 63.6 Å². The number of aliphatic hydroxyl groups excluding tert-OH is 1. The minimum atomic E-state index is -0.504. The minimum Gasteiger partial charge on any atom is -0.469 e. The van der Waals surface area contributed by atoms with Gasteiger partial charge in [0.25, 0.3) is 0 Å². The van der Waals surface area contributed by atoms with Crippen molar-refractivity contribution in [1.82, 2.24) is 0 Å². The molecule has 0 spiro atoms. The Morgan fingerprint density at radius 1 is 0.943 bits per heavy atom. The second-order valence-corrected chi connectivity index (χ2v) is 15.1. The fourth-order valence-corrected chi connectivity index (χ4v) is 10.5. The Morgan fingerprint density at radius 3 is 2.26 bits per heavy atom. The van der Waals surface area contributed by atoms with Gasteiger partial charge in [0.05, 0.1) is 18.6 Å². The van der Waals surface area contributed by atoms with Gasteiger partial charge in [0.2, 0.25) is 0 Å². The Kier molecular flexibility index (Phi) is 5.43. The van der Waals surface area contributed by atoms with Gasteiger partial charge in [-0.3, -0.25) is 9.59 Å². The number of ketones is 1. The third-order valence-corrected chi connectivity index (χ3v) is 13.3. The first-order chi connectivity index (χ1) is 16.1. The summed E-state index contributed by atoms with van der Waals surface area (Å²) >= 11 is 0. The average molecular weight is 485 g/mol. The van der Waals surface area contributed by atoms with Gasteiger partial charge in [0, 0.05) is 5.92 Å². The van der Waals surface area contributed by atoms with E-state index in [0.717, 1.165) is 57.8 Å². The van der Waals surface area contributed by atoms with E-state index in [9.17, 15) is 14.7 Å². The van der Waals surface area contributed by atoms with Crippen molar-refractivity contribution in [2.75, 3.05) is 7.11 Å². The van der Waals surface area contributed by atoms with Crippen molar-refractivity contribution in [3.05, 3.63) is 11.6 Å². The molecular formula is C31H48O4. The highest BCUT2D eigenvalue weighted by Crippen LogP contribution is 2.75. The molecule has 9 atom stereocenters. The van der Waals surface area contributed by atoms with Crippen LogP contribution >= 0.6 is 0 Å². The molecule has 5 aliphatic rings. The van der Waals surface area contributed by atoms with E-state index in [1.807, 2.05) is 0 Å². The number of ether oxygens (including phenoxy) is 1. The second kappa shape index (κ2) is 7.45. The Morgan fingerprint density at radius 2 is 1.60 bits per heavy atom. The zero-order valence-corrected chi connectivity index (χ0v) is 23.4. The molecule has 0 aromatic carbocycles. The van der Waals surface area contributed by atoms with Crippen LogP contribution < -0.4 is 0 Å². The number of rotatable bonds is 1. The number of hydrogen-bond donors (Lipinski definition) is 1. The lowest BCUT2D eigenvalue weighted by molar-refractivity contribution is -0.185. The third kappa shape index (κ3) is 3.07. The average Bonchev–Trinajstić information content (AvgIpc) is 2.79. The van der Waals surface area contributed by atoms with E-state index in [4.69, 9.17) is 4.74 Å². The quantitative estimate of drug-likeness (QED) is 0.431. The summed E-state index contributed by atoms with van der Waals surface area (Å²) in [5, 5.41) is 10.9. The minimum absolute atomic E-state index is 0.0321. The van der Waals surface area contributed by atoms with Crippen LogP contribution in [0.25, 0.3) is 0 Å². The maximum absolute atomic E-state index is 14.3. The number of allylic oxidation sites excluding steroid dienone is 2. The lowest BCUT2D eigenvalue weighted by Gasteiger charge is -2.70. The molecule has 4 saturated carbocycles. The molecule has 196 valence electrons. The molecule has 0 radical (unpaired) electrons. The van der Waals surface area contributed by atoms with Crippen molar-refractivity contribution in [1.29, 1.82) is 0 Å². The van der Waals surface area contributed by atoms with Gasteiger partial charge >= 0.3 is 5.97 Å². The fourth-order valence-electron chi connectivity index (χ4n) is 10.5. The van der Waals surface area contributed by atoms with E-state index in [2.05, 4.69) is 54.5 Å². The van der Waals surface area contributed by atoms with Crippen LogP contribution in [0.5, 0.6) is 0 Å². The number of fused-ring (bicyclic) bond motifs is 7. The Bertz CT molecular complexity index is 980. The molecular weight excluding hydrogens is 436 g/mol. The summed E-state index contributed by atoms with van der Waals surface area (Å²) in [6, 6.07) is 0. The van der Waals surface area contributed by atoms with Gasteiger partial charge < -0.3 is 9.84 Å². The van der Waals surface area contributed by atoms with Crippen LogP contribution in [0, 0.1) is 50.2 Å². The molecule has 1 N–H and O–H groups in total. The highest BCUT2D eigenvalue weighted by Gasteiger charge is 2.69. The molecule has 0 aromatic rings. The SMILES string of the molecule is COC(=O)[C@@]1(C)CC[C@]2(C)CC[C@]3(C)[C@H](C(=O)C=C4[C@@]5(C)CC[C@H](O)C(C)(C)[C@@H]5CC[C@]43C)[C@@H]2C1. The van der Waals surface area contributed by atoms with Crippen molar-refractivity contribution in [3.8, 4) is 0 Å². The lowest BCUT2D eigenvalue weighted by atomic mass is 9.34. The first kappa shape index (κ1) is 25.5. The van der Waals surface area contributed by atoms with Crippen molar-refractivity contribution in [2.45, 2.75) is 112 Å². The van der Waals surface area contributed by atoms with Crippen LogP contribution in [0.2, 0.25) is 0 Å². The number of hydrogen-bond acceptors (Lipinski definition) is 4. The number of aliphatic hydroxyl groups is 1. The molecule has 0 amide bonds. The summed E-state index contributed by atoms with van der Waals surface area (Å²) < 4.78 is 5.24. The highest BCUT2D eigenvalue weighted by atomic mass is 16.5. The molecule has 0 aliphatic heterocycles. The van der Waals surface area contributed by atoms with Crippen LogP contribution in [0.15, 0.2) is 11.6 Å². The highest BCUT2D eigenvalue weighted by molar-refractivity contribution is 5.95. The van der Waals surface area contributed by atoms with Crippen molar-refractivity contribution < 1.29 is 19.4 Å². The normalized spacial score (nSPS) is 52.8. The van der Waals surface area contributed by atoms with Crippen molar-refractivity contribution in [2.24, 2.45) is 50.2 Å². The van der Waals surface area contributed by atoms with Crippen LogP contribution in [0.1, 0.15) is 106 Å². The first-order valence-electron chi connectivity index (χ1n) is 14.1. The van der Waals surface area contributed by atoms with E-state index in [0.29, 0.717) is 11.7 Å². The first-order valence-corrected chi connectivity index (χ1v) is 14.1. The molecule has 4 fully saturated rings. The Hall–Kier alpha value is -1.16. The molecule has 0 saturated heterocycles. The van der Waals surface area contributed by atoms with Crippen LogP contribution in [-0.4, -0.2) is 30.1 Å². The Balaban J connectivity index is 1.61.